The molecule has 3 aromatic rings. The van der Waals surface area contributed by atoms with Gasteiger partial charge in [-0.2, -0.15) is 0 Å². The van der Waals surface area contributed by atoms with E-state index < -0.39 is 5.60 Å². The summed E-state index contributed by atoms with van der Waals surface area (Å²) >= 11 is 0. The second-order valence-electron chi connectivity index (χ2n) is 11.4. The Morgan fingerprint density at radius 3 is 2.29 bits per heavy atom. The lowest BCUT2D eigenvalue weighted by atomic mass is 10.0. The number of piperidine rings is 1. The lowest BCUT2D eigenvalue weighted by Gasteiger charge is -2.33. The van der Waals surface area contributed by atoms with Crippen LogP contribution in [0.1, 0.15) is 88.0 Å². The van der Waals surface area contributed by atoms with Gasteiger partial charge in [0.1, 0.15) is 12.2 Å². The summed E-state index contributed by atoms with van der Waals surface area (Å²) in [5, 5.41) is 4.30. The van der Waals surface area contributed by atoms with Crippen LogP contribution in [0.15, 0.2) is 48.5 Å². The molecule has 8 nitrogen and oxygen atoms in total. The van der Waals surface area contributed by atoms with E-state index in [0.717, 1.165) is 48.6 Å². The summed E-state index contributed by atoms with van der Waals surface area (Å²) in [6, 6.07) is 15.6. The average Bonchev–Trinajstić information content (AvgIpc) is 3.28. The van der Waals surface area contributed by atoms with E-state index in [1.54, 1.807) is 4.90 Å². The average molecular weight is 564 g/mol. The van der Waals surface area contributed by atoms with Crippen LogP contribution in [-0.4, -0.2) is 52.6 Å². The number of benzene rings is 2. The Morgan fingerprint density at radius 1 is 1.02 bits per heavy atom. The number of rotatable bonds is 7. The SMILES string of the molecule is CC(=O)OCc1ccccc1.CCCc1[nH]c2ccc(C(=O)NC3CCN(C(=O)OC(C)(C)C)CC3)cc2c1CC. The fourth-order valence-electron chi connectivity index (χ4n) is 4.87. The molecule has 222 valence electrons. The Hall–Kier alpha value is -3.81. The molecular formula is C33H45N3O5. The van der Waals surface area contributed by atoms with Crippen molar-refractivity contribution in [1.82, 2.24) is 15.2 Å². The van der Waals surface area contributed by atoms with Crippen molar-refractivity contribution in [1.29, 1.82) is 0 Å². The molecule has 0 bridgehead atoms. The smallest absolute Gasteiger partial charge is 0.410 e. The van der Waals surface area contributed by atoms with Crippen LogP contribution in [0.4, 0.5) is 4.79 Å². The summed E-state index contributed by atoms with van der Waals surface area (Å²) in [6.07, 6.45) is 4.25. The van der Waals surface area contributed by atoms with E-state index in [2.05, 4.69) is 24.1 Å². The maximum atomic E-state index is 12.9. The van der Waals surface area contributed by atoms with Crippen LogP contribution in [0.25, 0.3) is 10.9 Å². The number of esters is 1. The molecule has 0 aliphatic carbocycles. The van der Waals surface area contributed by atoms with Crippen molar-refractivity contribution in [3.8, 4) is 0 Å². The Bertz CT molecular complexity index is 1300. The molecule has 8 heteroatoms. The summed E-state index contributed by atoms with van der Waals surface area (Å²) in [5.74, 6) is -0.290. The van der Waals surface area contributed by atoms with Gasteiger partial charge in [0.15, 0.2) is 0 Å². The summed E-state index contributed by atoms with van der Waals surface area (Å²) in [4.78, 5) is 40.7. The van der Waals surface area contributed by atoms with Crippen molar-refractivity contribution < 1.29 is 23.9 Å². The number of aromatic nitrogens is 1. The third kappa shape index (κ3) is 9.66. The van der Waals surface area contributed by atoms with Crippen LogP contribution >= 0.6 is 0 Å². The molecular weight excluding hydrogens is 518 g/mol. The Morgan fingerprint density at radius 2 is 1.71 bits per heavy atom. The van der Waals surface area contributed by atoms with Crippen LogP contribution < -0.4 is 5.32 Å². The first-order chi connectivity index (χ1) is 19.5. The largest absolute Gasteiger partial charge is 0.461 e. The lowest BCUT2D eigenvalue weighted by Crippen LogP contribution is -2.47. The van der Waals surface area contributed by atoms with E-state index in [9.17, 15) is 14.4 Å². The van der Waals surface area contributed by atoms with Crippen molar-refractivity contribution >= 4 is 28.9 Å². The molecule has 4 rings (SSSR count). The molecule has 1 aliphatic heterocycles. The zero-order valence-corrected chi connectivity index (χ0v) is 25.3. The molecule has 2 aromatic carbocycles. The van der Waals surface area contributed by atoms with Gasteiger partial charge in [-0.1, -0.05) is 50.6 Å². The highest BCUT2D eigenvalue weighted by Gasteiger charge is 2.27. The number of nitrogens with one attached hydrogen (secondary N) is 2. The van der Waals surface area contributed by atoms with Gasteiger partial charge in [-0.05, 0) is 75.8 Å². The molecule has 0 saturated carbocycles. The molecule has 2 heterocycles. The van der Waals surface area contributed by atoms with Crippen molar-refractivity contribution in [2.24, 2.45) is 0 Å². The molecule has 0 spiro atoms. The van der Waals surface area contributed by atoms with Gasteiger partial charge in [-0.25, -0.2) is 4.79 Å². The zero-order chi connectivity index (χ0) is 30.0. The van der Waals surface area contributed by atoms with Gasteiger partial charge in [0.25, 0.3) is 5.91 Å². The van der Waals surface area contributed by atoms with Gasteiger partial charge in [-0.15, -0.1) is 0 Å². The number of aryl methyl sites for hydroxylation is 2. The maximum Gasteiger partial charge on any atom is 0.410 e. The molecule has 1 fully saturated rings. The normalized spacial score (nSPS) is 13.8. The van der Waals surface area contributed by atoms with E-state index in [0.29, 0.717) is 25.3 Å². The van der Waals surface area contributed by atoms with Gasteiger partial charge < -0.3 is 24.7 Å². The third-order valence-electron chi connectivity index (χ3n) is 6.88. The monoisotopic (exact) mass is 563 g/mol. The second-order valence-corrected chi connectivity index (χ2v) is 11.4. The summed E-state index contributed by atoms with van der Waals surface area (Å²) in [6.45, 7) is 12.9. The molecule has 0 unspecified atom stereocenters. The molecule has 1 aliphatic rings. The highest BCUT2D eigenvalue weighted by Crippen LogP contribution is 2.26. The minimum atomic E-state index is -0.493. The number of nitrogens with zero attached hydrogens (tertiary/aromatic N) is 1. The second kappa shape index (κ2) is 14.7. The Labute approximate surface area is 243 Å². The summed E-state index contributed by atoms with van der Waals surface area (Å²) in [5.41, 5.74) is 4.90. The number of hydrogen-bond donors (Lipinski definition) is 2. The number of amides is 2. The number of aromatic amines is 1. The standard InChI is InChI=1S/C24H35N3O3.C9H10O2/c1-6-8-20-18(7-2)19-15-16(9-10-21(19)26-20)22(28)25-17-11-13-27(14-12-17)23(29)30-24(3,4)5;1-8(10)11-7-9-5-3-2-4-6-9/h9-10,15,17,26H,6-8,11-14H2,1-5H3,(H,25,28);2-6H,7H2,1H3. The van der Waals surface area contributed by atoms with E-state index in [4.69, 9.17) is 9.47 Å². The number of carbonyl (C=O) groups excluding carboxylic acids is 3. The van der Waals surface area contributed by atoms with E-state index in [1.807, 2.05) is 69.3 Å². The highest BCUT2D eigenvalue weighted by atomic mass is 16.6. The van der Waals surface area contributed by atoms with Crippen LogP contribution in [0.5, 0.6) is 0 Å². The fraction of sp³-hybridized carbons (Fsp3) is 0.485. The minimum Gasteiger partial charge on any atom is -0.461 e. The highest BCUT2D eigenvalue weighted by molar-refractivity contribution is 5.99. The predicted octanol–water partition coefficient (Wildman–Crippen LogP) is 6.56. The van der Waals surface area contributed by atoms with E-state index >= 15 is 0 Å². The fourth-order valence-corrected chi connectivity index (χ4v) is 4.87. The predicted molar refractivity (Wildman–Crippen MR) is 162 cm³/mol. The van der Waals surface area contributed by atoms with Gasteiger partial charge in [-0.3, -0.25) is 9.59 Å². The first kappa shape index (κ1) is 31.7. The van der Waals surface area contributed by atoms with Crippen LogP contribution in [0, 0.1) is 0 Å². The Kier molecular flexibility index (Phi) is 11.4. The van der Waals surface area contributed by atoms with Crippen molar-refractivity contribution in [2.75, 3.05) is 13.1 Å². The van der Waals surface area contributed by atoms with Gasteiger partial charge >= 0.3 is 12.1 Å². The van der Waals surface area contributed by atoms with Crippen LogP contribution in [-0.2, 0) is 33.7 Å². The number of H-pyrrole nitrogens is 1. The third-order valence-corrected chi connectivity index (χ3v) is 6.88. The number of carbonyl (C=O) groups is 3. The number of ether oxygens (including phenoxy) is 2. The first-order valence-electron chi connectivity index (χ1n) is 14.6. The van der Waals surface area contributed by atoms with Crippen molar-refractivity contribution in [3.05, 3.63) is 70.9 Å². The molecule has 0 radical (unpaired) electrons. The summed E-state index contributed by atoms with van der Waals surface area (Å²) in [7, 11) is 0. The maximum absolute atomic E-state index is 12.9. The molecule has 1 saturated heterocycles. The lowest BCUT2D eigenvalue weighted by molar-refractivity contribution is -0.142. The van der Waals surface area contributed by atoms with Crippen LogP contribution in [0.3, 0.4) is 0 Å². The minimum absolute atomic E-state index is 0.0482. The number of likely N-dealkylation sites (tertiary alicyclic amines) is 1. The van der Waals surface area contributed by atoms with Gasteiger partial charge in [0.05, 0.1) is 0 Å². The quantitative estimate of drug-likeness (QED) is 0.317. The first-order valence-corrected chi connectivity index (χ1v) is 14.6. The molecule has 2 N–H and O–H groups in total. The van der Waals surface area contributed by atoms with Gasteiger partial charge in [0, 0.05) is 48.2 Å². The van der Waals surface area contributed by atoms with Crippen molar-refractivity contribution in [3.63, 3.8) is 0 Å². The zero-order valence-electron chi connectivity index (χ0n) is 25.3. The molecule has 41 heavy (non-hydrogen) atoms. The molecule has 2 amide bonds. The van der Waals surface area contributed by atoms with Crippen LogP contribution in [0.2, 0.25) is 0 Å². The topological polar surface area (TPSA) is 101 Å². The number of fused-ring (bicyclic) bond motifs is 1. The van der Waals surface area contributed by atoms with E-state index in [1.165, 1.54) is 18.2 Å². The summed E-state index contributed by atoms with van der Waals surface area (Å²) < 4.78 is 10.2. The van der Waals surface area contributed by atoms with Gasteiger partial charge in [0.2, 0.25) is 0 Å². The van der Waals surface area contributed by atoms with Crippen molar-refractivity contribution in [2.45, 2.75) is 91.9 Å². The van der Waals surface area contributed by atoms with E-state index in [-0.39, 0.29) is 24.0 Å². The molecule has 0 atom stereocenters. The molecule has 1 aromatic heterocycles. The number of hydrogen-bond acceptors (Lipinski definition) is 5. The Balaban J connectivity index is 0.000000352.